The summed E-state index contributed by atoms with van der Waals surface area (Å²) in [6.07, 6.45) is 1.66. The Morgan fingerprint density at radius 3 is 2.53 bits per heavy atom. The molecule has 1 amide bonds. The number of carbonyl (C=O) groups is 1. The van der Waals surface area contributed by atoms with Gasteiger partial charge in [-0.2, -0.15) is 0 Å². The van der Waals surface area contributed by atoms with Crippen LogP contribution in [0.25, 0.3) is 0 Å². The van der Waals surface area contributed by atoms with Crippen LogP contribution >= 0.6 is 0 Å². The average molecular weight is 263 g/mol. The van der Waals surface area contributed by atoms with E-state index in [1.165, 1.54) is 5.56 Å². The minimum Gasteiger partial charge on any atom is -0.379 e. The van der Waals surface area contributed by atoms with Gasteiger partial charge in [-0.3, -0.25) is 4.79 Å². The summed E-state index contributed by atoms with van der Waals surface area (Å²) in [5, 5.41) is 2.94. The molecule has 0 aliphatic rings. The van der Waals surface area contributed by atoms with Crippen LogP contribution in [0.15, 0.2) is 30.3 Å². The highest BCUT2D eigenvalue weighted by Gasteiger charge is 2.10. The van der Waals surface area contributed by atoms with Gasteiger partial charge in [0, 0.05) is 19.6 Å². The zero-order valence-corrected chi connectivity index (χ0v) is 12.2. The van der Waals surface area contributed by atoms with Crippen LogP contribution in [0.3, 0.4) is 0 Å². The number of carbonyl (C=O) groups excluding carboxylic acids is 1. The van der Waals surface area contributed by atoms with Gasteiger partial charge in [0.2, 0.25) is 5.91 Å². The van der Waals surface area contributed by atoms with Crippen molar-refractivity contribution in [3.63, 3.8) is 0 Å². The van der Waals surface area contributed by atoms with Crippen LogP contribution in [0.2, 0.25) is 0 Å². The van der Waals surface area contributed by atoms with Gasteiger partial charge in [-0.25, -0.2) is 0 Å². The number of hydrogen-bond donors (Lipinski definition) is 1. The first-order chi connectivity index (χ1) is 9.09. The van der Waals surface area contributed by atoms with Gasteiger partial charge in [0.15, 0.2) is 0 Å². The molecule has 0 aromatic heterocycles. The van der Waals surface area contributed by atoms with Crippen LogP contribution in [-0.2, 0) is 9.53 Å². The largest absolute Gasteiger partial charge is 0.379 e. The molecule has 1 atom stereocenters. The average Bonchev–Trinajstić information content (AvgIpc) is 2.39. The van der Waals surface area contributed by atoms with Gasteiger partial charge in [0.05, 0.1) is 6.10 Å². The molecule has 1 unspecified atom stereocenters. The van der Waals surface area contributed by atoms with E-state index in [2.05, 4.69) is 24.4 Å². The van der Waals surface area contributed by atoms with Gasteiger partial charge in [0.1, 0.15) is 0 Å². The zero-order valence-electron chi connectivity index (χ0n) is 12.2. The van der Waals surface area contributed by atoms with Gasteiger partial charge in [0.25, 0.3) is 0 Å². The Morgan fingerprint density at radius 2 is 1.89 bits per heavy atom. The van der Waals surface area contributed by atoms with E-state index in [0.29, 0.717) is 19.6 Å². The summed E-state index contributed by atoms with van der Waals surface area (Å²) in [6, 6.07) is 10.1. The van der Waals surface area contributed by atoms with E-state index < -0.39 is 0 Å². The number of rotatable bonds is 8. The van der Waals surface area contributed by atoms with E-state index in [1.54, 1.807) is 0 Å². The maximum Gasteiger partial charge on any atom is 0.220 e. The van der Waals surface area contributed by atoms with Crippen LogP contribution in [0.1, 0.15) is 45.1 Å². The summed E-state index contributed by atoms with van der Waals surface area (Å²) in [5.41, 5.74) is 1.21. The highest BCUT2D eigenvalue weighted by Crippen LogP contribution is 2.17. The lowest BCUT2D eigenvalue weighted by molar-refractivity contribution is -0.121. The fraction of sp³-hybridized carbons (Fsp3) is 0.562. The van der Waals surface area contributed by atoms with Gasteiger partial charge in [-0.15, -0.1) is 0 Å². The second-order valence-electron chi connectivity index (χ2n) is 5.14. The van der Waals surface area contributed by atoms with Crippen molar-refractivity contribution >= 4 is 5.91 Å². The van der Waals surface area contributed by atoms with Crippen molar-refractivity contribution in [2.24, 2.45) is 0 Å². The Kier molecular flexibility index (Phi) is 7.19. The van der Waals surface area contributed by atoms with E-state index in [-0.39, 0.29) is 17.9 Å². The maximum atomic E-state index is 11.8. The molecular formula is C16H25NO2. The Balaban J connectivity index is 2.17. The van der Waals surface area contributed by atoms with Crippen LogP contribution in [-0.4, -0.2) is 25.2 Å². The molecule has 0 radical (unpaired) electrons. The quantitative estimate of drug-likeness (QED) is 0.732. The van der Waals surface area contributed by atoms with Gasteiger partial charge >= 0.3 is 0 Å². The minimum atomic E-state index is 0.112. The van der Waals surface area contributed by atoms with Crippen molar-refractivity contribution < 1.29 is 9.53 Å². The van der Waals surface area contributed by atoms with Crippen LogP contribution in [0, 0.1) is 0 Å². The number of ether oxygens (including phenoxy) is 1. The fourth-order valence-electron chi connectivity index (χ4n) is 1.87. The molecule has 0 saturated heterocycles. The minimum absolute atomic E-state index is 0.112. The predicted octanol–water partition coefficient (Wildman–Crippen LogP) is 3.11. The second kappa shape index (κ2) is 8.70. The van der Waals surface area contributed by atoms with Crippen molar-refractivity contribution in [3.05, 3.63) is 35.9 Å². The standard InChI is InChI=1S/C16H25NO2/c1-13(2)19-11-7-10-17-16(18)12-14(3)15-8-5-4-6-9-15/h4-6,8-9,13-14H,7,10-12H2,1-3H3,(H,17,18). The molecule has 0 heterocycles. The van der Waals surface area contributed by atoms with E-state index in [9.17, 15) is 4.79 Å². The fourth-order valence-corrected chi connectivity index (χ4v) is 1.87. The van der Waals surface area contributed by atoms with E-state index in [1.807, 2.05) is 32.0 Å². The summed E-state index contributed by atoms with van der Waals surface area (Å²) >= 11 is 0. The van der Waals surface area contributed by atoms with Crippen molar-refractivity contribution in [3.8, 4) is 0 Å². The number of benzene rings is 1. The molecule has 0 spiro atoms. The van der Waals surface area contributed by atoms with Gasteiger partial charge in [-0.05, 0) is 31.7 Å². The lowest BCUT2D eigenvalue weighted by atomic mass is 9.98. The van der Waals surface area contributed by atoms with Crippen LogP contribution < -0.4 is 5.32 Å². The third kappa shape index (κ3) is 6.97. The molecule has 3 nitrogen and oxygen atoms in total. The van der Waals surface area contributed by atoms with Crippen molar-refractivity contribution in [2.75, 3.05) is 13.2 Å². The van der Waals surface area contributed by atoms with E-state index in [0.717, 1.165) is 6.42 Å². The SMILES string of the molecule is CC(C)OCCCNC(=O)CC(C)c1ccccc1. The van der Waals surface area contributed by atoms with Crippen molar-refractivity contribution in [1.29, 1.82) is 0 Å². The van der Waals surface area contributed by atoms with Crippen molar-refractivity contribution in [1.82, 2.24) is 5.32 Å². The third-order valence-electron chi connectivity index (χ3n) is 2.95. The van der Waals surface area contributed by atoms with Crippen LogP contribution in [0.5, 0.6) is 0 Å². The Morgan fingerprint density at radius 1 is 1.21 bits per heavy atom. The molecule has 0 fully saturated rings. The van der Waals surface area contributed by atoms with Gasteiger partial charge < -0.3 is 10.1 Å². The highest BCUT2D eigenvalue weighted by atomic mass is 16.5. The molecule has 0 aliphatic heterocycles. The molecule has 1 aromatic carbocycles. The first-order valence-corrected chi connectivity index (χ1v) is 7.03. The topological polar surface area (TPSA) is 38.3 Å². The number of nitrogens with one attached hydrogen (secondary N) is 1. The Bertz CT molecular complexity index is 362. The molecule has 19 heavy (non-hydrogen) atoms. The maximum absolute atomic E-state index is 11.8. The lowest BCUT2D eigenvalue weighted by Crippen LogP contribution is -2.26. The predicted molar refractivity (Wildman–Crippen MR) is 78.2 cm³/mol. The Labute approximate surface area is 116 Å². The molecule has 3 heteroatoms. The second-order valence-corrected chi connectivity index (χ2v) is 5.14. The molecule has 0 aliphatic carbocycles. The normalized spacial score (nSPS) is 12.4. The number of amides is 1. The monoisotopic (exact) mass is 263 g/mol. The third-order valence-corrected chi connectivity index (χ3v) is 2.95. The summed E-state index contributed by atoms with van der Waals surface area (Å²) in [6.45, 7) is 7.50. The molecule has 106 valence electrons. The number of hydrogen-bond acceptors (Lipinski definition) is 2. The lowest BCUT2D eigenvalue weighted by Gasteiger charge is -2.12. The molecular weight excluding hydrogens is 238 g/mol. The van der Waals surface area contributed by atoms with E-state index >= 15 is 0 Å². The first kappa shape index (κ1) is 15.7. The van der Waals surface area contributed by atoms with Crippen molar-refractivity contribution in [2.45, 2.75) is 45.6 Å². The molecule has 0 saturated carbocycles. The zero-order chi connectivity index (χ0) is 14.1. The molecule has 1 rings (SSSR count). The summed E-state index contributed by atoms with van der Waals surface area (Å²) < 4.78 is 5.42. The van der Waals surface area contributed by atoms with E-state index in [4.69, 9.17) is 4.74 Å². The summed E-state index contributed by atoms with van der Waals surface area (Å²) in [4.78, 5) is 11.8. The van der Waals surface area contributed by atoms with Crippen LogP contribution in [0.4, 0.5) is 0 Å². The molecule has 0 bridgehead atoms. The summed E-state index contributed by atoms with van der Waals surface area (Å²) in [7, 11) is 0. The van der Waals surface area contributed by atoms with Gasteiger partial charge in [-0.1, -0.05) is 37.3 Å². The smallest absolute Gasteiger partial charge is 0.220 e. The molecule has 1 aromatic rings. The molecule has 1 N–H and O–H groups in total. The highest BCUT2D eigenvalue weighted by molar-refractivity contribution is 5.76. The summed E-state index contributed by atoms with van der Waals surface area (Å²) in [5.74, 6) is 0.369. The Hall–Kier alpha value is -1.35. The first-order valence-electron chi connectivity index (χ1n) is 7.03.